The molecule has 1 aromatic heterocycles. The molecule has 0 saturated carbocycles. The van der Waals surface area contributed by atoms with Crippen molar-refractivity contribution in [3.05, 3.63) is 66.2 Å². The van der Waals surface area contributed by atoms with Gasteiger partial charge in [0.2, 0.25) is 12.7 Å². The van der Waals surface area contributed by atoms with Gasteiger partial charge < -0.3 is 26.3 Å². The molecule has 1 atom stereocenters. The SMILES string of the molecule is CCc1ccccc1N(C)C(=O)OCOc1ccccc1/N=N/c1ccc(NC(=O)[C@H](C)N)nc1N. The number of nitrogens with one attached hydrogen (secondary N) is 1. The number of anilines is 3. The predicted octanol–water partition coefficient (Wildman–Crippen LogP) is 4.54. The monoisotopic (exact) mass is 491 g/mol. The van der Waals surface area contributed by atoms with Crippen LogP contribution in [0.3, 0.4) is 0 Å². The van der Waals surface area contributed by atoms with Crippen LogP contribution in [0.1, 0.15) is 19.4 Å². The van der Waals surface area contributed by atoms with E-state index in [0.717, 1.165) is 17.7 Å². The second-order valence-corrected chi connectivity index (χ2v) is 7.76. The summed E-state index contributed by atoms with van der Waals surface area (Å²) < 4.78 is 10.9. The number of carbonyl (C=O) groups is 2. The third-order valence-corrected chi connectivity index (χ3v) is 5.10. The first-order valence-corrected chi connectivity index (χ1v) is 11.2. The molecule has 0 aliphatic heterocycles. The molecule has 188 valence electrons. The number of aromatic nitrogens is 1. The molecule has 0 fully saturated rings. The highest BCUT2D eigenvalue weighted by atomic mass is 16.7. The molecule has 2 aromatic carbocycles. The van der Waals surface area contributed by atoms with Crippen molar-refractivity contribution in [3.63, 3.8) is 0 Å². The molecule has 0 saturated heterocycles. The normalized spacial score (nSPS) is 11.7. The molecule has 2 amide bonds. The second-order valence-electron chi connectivity index (χ2n) is 7.76. The summed E-state index contributed by atoms with van der Waals surface area (Å²) in [6.07, 6.45) is 0.234. The fourth-order valence-electron chi connectivity index (χ4n) is 3.11. The number of pyridine rings is 1. The minimum Gasteiger partial charge on any atom is -0.455 e. The number of hydrogen-bond donors (Lipinski definition) is 3. The zero-order chi connectivity index (χ0) is 26.1. The number of hydrogen-bond acceptors (Lipinski definition) is 9. The van der Waals surface area contributed by atoms with Gasteiger partial charge in [-0.2, -0.15) is 0 Å². The van der Waals surface area contributed by atoms with Crippen LogP contribution in [0.5, 0.6) is 5.75 Å². The number of para-hydroxylation sites is 2. The lowest BCUT2D eigenvalue weighted by Crippen LogP contribution is -2.32. The second kappa shape index (κ2) is 12.3. The third-order valence-electron chi connectivity index (χ3n) is 5.10. The quantitative estimate of drug-likeness (QED) is 0.293. The van der Waals surface area contributed by atoms with E-state index in [1.807, 2.05) is 31.2 Å². The van der Waals surface area contributed by atoms with Gasteiger partial charge in [0.15, 0.2) is 11.6 Å². The highest BCUT2D eigenvalue weighted by molar-refractivity contribution is 5.93. The van der Waals surface area contributed by atoms with Crippen LogP contribution in [0, 0.1) is 0 Å². The summed E-state index contributed by atoms with van der Waals surface area (Å²) in [7, 11) is 1.64. The van der Waals surface area contributed by atoms with Crippen LogP contribution in [-0.4, -0.2) is 36.9 Å². The van der Waals surface area contributed by atoms with Gasteiger partial charge in [-0.15, -0.1) is 10.2 Å². The van der Waals surface area contributed by atoms with Crippen LogP contribution in [0.15, 0.2) is 70.9 Å². The molecular formula is C25H29N7O4. The van der Waals surface area contributed by atoms with E-state index in [1.54, 1.807) is 50.4 Å². The topological polar surface area (TPSA) is 158 Å². The fourth-order valence-corrected chi connectivity index (χ4v) is 3.11. The van der Waals surface area contributed by atoms with Gasteiger partial charge in [-0.3, -0.25) is 9.69 Å². The molecule has 3 aromatic rings. The van der Waals surface area contributed by atoms with E-state index < -0.39 is 12.1 Å². The molecule has 0 unspecified atom stereocenters. The summed E-state index contributed by atoms with van der Waals surface area (Å²) in [4.78, 5) is 29.7. The number of ether oxygens (including phenoxy) is 2. The maximum atomic E-state index is 12.5. The van der Waals surface area contributed by atoms with Crippen LogP contribution in [-0.2, 0) is 16.0 Å². The van der Waals surface area contributed by atoms with Crippen LogP contribution in [0.2, 0.25) is 0 Å². The number of nitrogens with two attached hydrogens (primary N) is 2. The van der Waals surface area contributed by atoms with Crippen LogP contribution >= 0.6 is 0 Å². The van der Waals surface area contributed by atoms with Crippen molar-refractivity contribution in [2.75, 3.05) is 29.8 Å². The number of aryl methyl sites for hydroxylation is 1. The number of nitrogen functional groups attached to an aromatic ring is 1. The molecular weight excluding hydrogens is 462 g/mol. The Labute approximate surface area is 209 Å². The van der Waals surface area contributed by atoms with Gasteiger partial charge in [0.25, 0.3) is 0 Å². The highest BCUT2D eigenvalue weighted by Gasteiger charge is 2.15. The summed E-state index contributed by atoms with van der Waals surface area (Å²) in [5, 5.41) is 10.9. The van der Waals surface area contributed by atoms with E-state index in [1.165, 1.54) is 4.90 Å². The first-order chi connectivity index (χ1) is 17.3. The Morgan fingerprint density at radius 2 is 1.75 bits per heavy atom. The molecule has 0 bridgehead atoms. The Kier molecular flexibility index (Phi) is 8.89. The van der Waals surface area contributed by atoms with Crippen molar-refractivity contribution in [1.82, 2.24) is 4.98 Å². The number of amides is 2. The molecule has 11 nitrogen and oxygen atoms in total. The Balaban J connectivity index is 1.63. The number of carbonyl (C=O) groups excluding carboxylic acids is 2. The first kappa shape index (κ1) is 26.1. The van der Waals surface area contributed by atoms with Gasteiger partial charge in [-0.1, -0.05) is 37.3 Å². The van der Waals surface area contributed by atoms with E-state index in [0.29, 0.717) is 17.1 Å². The van der Waals surface area contributed by atoms with Crippen molar-refractivity contribution in [1.29, 1.82) is 0 Å². The molecule has 5 N–H and O–H groups in total. The molecule has 0 spiro atoms. The van der Waals surface area contributed by atoms with Gasteiger partial charge in [0.1, 0.15) is 17.2 Å². The molecule has 3 rings (SSSR count). The molecule has 0 aliphatic carbocycles. The third kappa shape index (κ3) is 6.76. The minimum atomic E-state index is -0.685. The molecule has 0 aliphatic rings. The maximum Gasteiger partial charge on any atom is 0.416 e. The van der Waals surface area contributed by atoms with E-state index in [2.05, 4.69) is 20.5 Å². The Bertz CT molecular complexity index is 1250. The van der Waals surface area contributed by atoms with Crippen molar-refractivity contribution in [2.24, 2.45) is 16.0 Å². The van der Waals surface area contributed by atoms with E-state index >= 15 is 0 Å². The summed E-state index contributed by atoms with van der Waals surface area (Å²) in [5.74, 6) is 0.302. The van der Waals surface area contributed by atoms with Gasteiger partial charge in [-0.05, 0) is 49.2 Å². The zero-order valence-corrected chi connectivity index (χ0v) is 20.3. The number of azo groups is 1. The smallest absolute Gasteiger partial charge is 0.416 e. The van der Waals surface area contributed by atoms with Gasteiger partial charge in [0.05, 0.1) is 6.04 Å². The Morgan fingerprint density at radius 3 is 2.47 bits per heavy atom. The summed E-state index contributed by atoms with van der Waals surface area (Å²) in [6, 6.07) is 16.9. The lowest BCUT2D eigenvalue weighted by Gasteiger charge is -2.20. The number of nitrogens with zero attached hydrogens (tertiary/aromatic N) is 4. The average molecular weight is 492 g/mol. The maximum absolute atomic E-state index is 12.5. The number of benzene rings is 2. The van der Waals surface area contributed by atoms with Crippen molar-refractivity contribution < 1.29 is 19.1 Å². The Hall–Kier alpha value is -4.51. The standard InChI is InChI=1S/C25H29N7O4/c1-4-17-9-5-7-11-20(17)32(3)25(34)36-15-35-21-12-8-6-10-18(21)30-31-19-13-14-22(28-23(19)27)29-24(33)16(2)26/h5-14,16H,4,15,26H2,1-3H3,(H3,27,28,29,33)/b31-30+/t16-/m0/s1. The molecule has 1 heterocycles. The number of rotatable bonds is 9. The van der Waals surface area contributed by atoms with Crippen LogP contribution < -0.4 is 26.4 Å². The van der Waals surface area contributed by atoms with Gasteiger partial charge >= 0.3 is 6.09 Å². The highest BCUT2D eigenvalue weighted by Crippen LogP contribution is 2.30. The first-order valence-electron chi connectivity index (χ1n) is 11.2. The van der Waals surface area contributed by atoms with Gasteiger partial charge in [-0.25, -0.2) is 9.78 Å². The van der Waals surface area contributed by atoms with Crippen molar-refractivity contribution in [2.45, 2.75) is 26.3 Å². The zero-order valence-electron chi connectivity index (χ0n) is 20.3. The molecule has 0 radical (unpaired) electrons. The predicted molar refractivity (Wildman–Crippen MR) is 138 cm³/mol. The van der Waals surface area contributed by atoms with Crippen molar-refractivity contribution in [3.8, 4) is 5.75 Å². The molecule has 11 heteroatoms. The average Bonchev–Trinajstić information content (AvgIpc) is 2.88. The van der Waals surface area contributed by atoms with Gasteiger partial charge in [0, 0.05) is 12.7 Å². The summed E-state index contributed by atoms with van der Waals surface area (Å²) in [6.45, 7) is 3.26. The van der Waals surface area contributed by atoms with Crippen LogP contribution in [0.4, 0.5) is 33.5 Å². The van der Waals surface area contributed by atoms with E-state index in [9.17, 15) is 9.59 Å². The van der Waals surface area contributed by atoms with E-state index in [4.69, 9.17) is 20.9 Å². The lowest BCUT2D eigenvalue weighted by molar-refractivity contribution is -0.117. The summed E-state index contributed by atoms with van der Waals surface area (Å²) in [5.41, 5.74) is 14.0. The van der Waals surface area contributed by atoms with Crippen molar-refractivity contribution >= 4 is 40.7 Å². The fraction of sp³-hybridized carbons (Fsp3) is 0.240. The summed E-state index contributed by atoms with van der Waals surface area (Å²) >= 11 is 0. The minimum absolute atomic E-state index is 0.0731. The molecule has 36 heavy (non-hydrogen) atoms. The van der Waals surface area contributed by atoms with E-state index in [-0.39, 0.29) is 24.3 Å². The lowest BCUT2D eigenvalue weighted by atomic mass is 10.1. The Morgan fingerprint density at radius 1 is 1.06 bits per heavy atom. The van der Waals surface area contributed by atoms with Crippen LogP contribution in [0.25, 0.3) is 0 Å². The largest absolute Gasteiger partial charge is 0.455 e.